The predicted molar refractivity (Wildman–Crippen MR) is 145 cm³/mol. The molecule has 3 aromatic rings. The molecule has 0 atom stereocenters. The fourth-order valence-corrected chi connectivity index (χ4v) is 5.74. The largest absolute Gasteiger partial charge is 0.203 e. The molecular weight excluding hydrogens is 434 g/mol. The summed E-state index contributed by atoms with van der Waals surface area (Å²) in [4.78, 5) is 0. The van der Waals surface area contributed by atoms with E-state index < -0.39 is 11.6 Å². The van der Waals surface area contributed by atoms with Gasteiger partial charge in [-0.15, -0.1) is 6.58 Å². The monoisotopic (exact) mass is 474 g/mol. The van der Waals surface area contributed by atoms with Gasteiger partial charge in [0.1, 0.15) is 0 Å². The first-order valence-electron chi connectivity index (χ1n) is 13.7. The molecule has 4 rings (SSSR count). The van der Waals surface area contributed by atoms with Gasteiger partial charge in [-0.1, -0.05) is 75.1 Å². The Morgan fingerprint density at radius 2 is 1.54 bits per heavy atom. The van der Waals surface area contributed by atoms with Crippen molar-refractivity contribution in [2.24, 2.45) is 5.92 Å². The summed E-state index contributed by atoms with van der Waals surface area (Å²) in [6.07, 6.45) is 15.5. The highest BCUT2D eigenvalue weighted by Crippen LogP contribution is 2.38. The van der Waals surface area contributed by atoms with Gasteiger partial charge in [0, 0.05) is 5.39 Å². The van der Waals surface area contributed by atoms with Gasteiger partial charge in [-0.05, 0) is 103 Å². The number of halogens is 2. The molecule has 0 nitrogen and oxygen atoms in total. The van der Waals surface area contributed by atoms with Crippen molar-refractivity contribution in [1.82, 2.24) is 0 Å². The molecule has 0 spiro atoms. The second-order valence-corrected chi connectivity index (χ2v) is 10.5. The lowest BCUT2D eigenvalue weighted by molar-refractivity contribution is 0.303. The fourth-order valence-electron chi connectivity index (χ4n) is 5.74. The Hall–Kier alpha value is -2.48. The highest BCUT2D eigenvalue weighted by atomic mass is 19.2. The lowest BCUT2D eigenvalue weighted by atomic mass is 9.77. The third kappa shape index (κ3) is 6.60. The number of aryl methyl sites for hydroxylation is 3. The van der Waals surface area contributed by atoms with Crippen LogP contribution in [0.2, 0.25) is 0 Å². The molecular formula is C33H40F2. The summed E-state index contributed by atoms with van der Waals surface area (Å²) >= 11 is 0. The molecule has 2 heteroatoms. The van der Waals surface area contributed by atoms with Crippen LogP contribution < -0.4 is 0 Å². The van der Waals surface area contributed by atoms with Crippen molar-refractivity contribution in [2.45, 2.75) is 89.9 Å². The molecule has 0 aromatic heterocycles. The van der Waals surface area contributed by atoms with Crippen molar-refractivity contribution in [2.75, 3.05) is 0 Å². The Balaban J connectivity index is 1.34. The molecule has 0 saturated heterocycles. The fraction of sp³-hybridized carbons (Fsp3) is 0.455. The average molecular weight is 475 g/mol. The van der Waals surface area contributed by atoms with E-state index in [9.17, 15) is 8.78 Å². The summed E-state index contributed by atoms with van der Waals surface area (Å²) in [6.45, 7) is 5.96. The molecule has 3 aromatic carbocycles. The predicted octanol–water partition coefficient (Wildman–Crippen LogP) is 9.88. The zero-order valence-corrected chi connectivity index (χ0v) is 21.3. The van der Waals surface area contributed by atoms with Crippen molar-refractivity contribution >= 4 is 10.8 Å². The summed E-state index contributed by atoms with van der Waals surface area (Å²) in [5.74, 6) is 0.201. The second-order valence-electron chi connectivity index (χ2n) is 10.5. The lowest BCUT2D eigenvalue weighted by Gasteiger charge is -2.29. The first kappa shape index (κ1) is 25.6. The minimum Gasteiger partial charge on any atom is -0.203 e. The van der Waals surface area contributed by atoms with Gasteiger partial charge in [0.05, 0.1) is 0 Å². The van der Waals surface area contributed by atoms with E-state index in [4.69, 9.17) is 0 Å². The summed E-state index contributed by atoms with van der Waals surface area (Å²) < 4.78 is 29.3. The average Bonchev–Trinajstić information content (AvgIpc) is 2.90. The van der Waals surface area contributed by atoms with Crippen molar-refractivity contribution < 1.29 is 8.78 Å². The molecule has 0 heterocycles. The SMILES string of the molecule is C=CCCc1cc2ccc(CCc3ccc(C4CCC(CCCCC)CC4)cc3)cc2c(F)c1F. The van der Waals surface area contributed by atoms with Gasteiger partial charge in [0.2, 0.25) is 0 Å². The maximum atomic E-state index is 14.8. The van der Waals surface area contributed by atoms with E-state index in [1.807, 2.05) is 18.2 Å². The van der Waals surface area contributed by atoms with Crippen LogP contribution in [0.5, 0.6) is 0 Å². The van der Waals surface area contributed by atoms with Gasteiger partial charge in [-0.3, -0.25) is 0 Å². The van der Waals surface area contributed by atoms with Gasteiger partial charge in [0.25, 0.3) is 0 Å². The smallest absolute Gasteiger partial charge is 0.166 e. The maximum Gasteiger partial charge on any atom is 0.166 e. The van der Waals surface area contributed by atoms with E-state index in [0.29, 0.717) is 29.7 Å². The quantitative estimate of drug-likeness (QED) is 0.192. The number of hydrogen-bond donors (Lipinski definition) is 0. The van der Waals surface area contributed by atoms with Crippen LogP contribution in [0.3, 0.4) is 0 Å². The zero-order chi connectivity index (χ0) is 24.6. The van der Waals surface area contributed by atoms with Crippen LogP contribution in [0.25, 0.3) is 10.8 Å². The Bertz CT molecular complexity index is 1100. The minimum absolute atomic E-state index is 0.378. The molecule has 0 amide bonds. The summed E-state index contributed by atoms with van der Waals surface area (Å²) in [5, 5.41) is 1.14. The number of rotatable bonds is 11. The van der Waals surface area contributed by atoms with Gasteiger partial charge in [-0.25, -0.2) is 8.78 Å². The second kappa shape index (κ2) is 12.5. The lowest BCUT2D eigenvalue weighted by Crippen LogP contribution is -2.13. The standard InChI is InChI=1S/C33H40F2/c1-3-5-7-8-24-12-17-27(18-13-24)28-19-14-25(15-20-28)10-11-26-16-21-29-23-30(9-6-4-2)32(34)33(35)31(29)22-26/h4,14-16,19-24,27H,2-3,5-13,17-18H2,1H3. The number of benzene rings is 3. The Labute approximate surface area is 210 Å². The molecule has 0 bridgehead atoms. The molecule has 1 aliphatic rings. The van der Waals surface area contributed by atoms with Gasteiger partial charge in [0.15, 0.2) is 11.6 Å². The van der Waals surface area contributed by atoms with Crippen LogP contribution in [-0.4, -0.2) is 0 Å². The number of allylic oxidation sites excluding steroid dienone is 1. The van der Waals surface area contributed by atoms with Crippen LogP contribution in [0.15, 0.2) is 61.2 Å². The molecule has 0 unspecified atom stereocenters. The molecule has 1 saturated carbocycles. The zero-order valence-electron chi connectivity index (χ0n) is 21.3. The van der Waals surface area contributed by atoms with E-state index in [1.54, 1.807) is 12.1 Å². The highest BCUT2D eigenvalue weighted by Gasteiger charge is 2.22. The van der Waals surface area contributed by atoms with Crippen LogP contribution in [-0.2, 0) is 19.3 Å². The van der Waals surface area contributed by atoms with Gasteiger partial charge in [-0.2, -0.15) is 0 Å². The highest BCUT2D eigenvalue weighted by molar-refractivity contribution is 5.84. The molecule has 0 radical (unpaired) electrons. The van der Waals surface area contributed by atoms with Crippen LogP contribution >= 0.6 is 0 Å². The Kier molecular flexibility index (Phi) is 9.12. The van der Waals surface area contributed by atoms with E-state index in [-0.39, 0.29) is 0 Å². The van der Waals surface area contributed by atoms with E-state index >= 15 is 0 Å². The number of unbranched alkanes of at least 4 members (excludes halogenated alkanes) is 2. The summed E-state index contributed by atoms with van der Waals surface area (Å²) in [5.41, 5.74) is 4.25. The van der Waals surface area contributed by atoms with Crippen molar-refractivity contribution in [3.63, 3.8) is 0 Å². The molecule has 0 aliphatic heterocycles. The number of fused-ring (bicyclic) bond motifs is 1. The van der Waals surface area contributed by atoms with Crippen molar-refractivity contribution in [1.29, 1.82) is 0 Å². The maximum absolute atomic E-state index is 14.8. The Morgan fingerprint density at radius 3 is 2.26 bits per heavy atom. The van der Waals surface area contributed by atoms with Crippen LogP contribution in [0, 0.1) is 17.6 Å². The normalized spacial score (nSPS) is 18.1. The molecule has 1 fully saturated rings. The van der Waals surface area contributed by atoms with Gasteiger partial charge < -0.3 is 0 Å². The topological polar surface area (TPSA) is 0 Å². The third-order valence-corrected chi connectivity index (χ3v) is 7.99. The first-order valence-corrected chi connectivity index (χ1v) is 13.7. The molecule has 35 heavy (non-hydrogen) atoms. The summed E-state index contributed by atoms with van der Waals surface area (Å²) in [7, 11) is 0. The van der Waals surface area contributed by atoms with Crippen LogP contribution in [0.4, 0.5) is 8.78 Å². The summed E-state index contributed by atoms with van der Waals surface area (Å²) in [6, 6.07) is 16.7. The molecule has 1 aliphatic carbocycles. The van der Waals surface area contributed by atoms with Crippen molar-refractivity contribution in [3.8, 4) is 0 Å². The van der Waals surface area contributed by atoms with Crippen LogP contribution in [0.1, 0.15) is 92.9 Å². The third-order valence-electron chi connectivity index (χ3n) is 7.99. The minimum atomic E-state index is -0.729. The van der Waals surface area contributed by atoms with Gasteiger partial charge >= 0.3 is 0 Å². The molecule has 0 N–H and O–H groups in total. The first-order chi connectivity index (χ1) is 17.1. The number of hydrogen-bond acceptors (Lipinski definition) is 0. The van der Waals surface area contributed by atoms with E-state index in [1.165, 1.54) is 62.5 Å². The van der Waals surface area contributed by atoms with E-state index in [0.717, 1.165) is 29.7 Å². The van der Waals surface area contributed by atoms with E-state index in [2.05, 4.69) is 37.8 Å². The Morgan fingerprint density at radius 1 is 0.829 bits per heavy atom. The van der Waals surface area contributed by atoms with Crippen molar-refractivity contribution in [3.05, 3.63) is 95.1 Å². The molecule has 186 valence electrons.